The van der Waals surface area contributed by atoms with E-state index < -0.39 is 28.8 Å². The van der Waals surface area contributed by atoms with Gasteiger partial charge in [0, 0.05) is 23.0 Å². The summed E-state index contributed by atoms with van der Waals surface area (Å²) in [6, 6.07) is 4.79. The van der Waals surface area contributed by atoms with Crippen molar-refractivity contribution >= 4 is 17.2 Å². The lowest BCUT2D eigenvalue weighted by molar-refractivity contribution is 0.103. The standard InChI is InChI=1S/C13H9F3N2O/c14-10-5-12(16)11(15)4-9(10)13(19)6-1-7(17)3-8(18)2-6/h1-5H,17-18H2. The van der Waals surface area contributed by atoms with E-state index in [1.165, 1.54) is 18.2 Å². The van der Waals surface area contributed by atoms with Crippen LogP contribution < -0.4 is 11.5 Å². The van der Waals surface area contributed by atoms with Crippen LogP contribution in [0.2, 0.25) is 0 Å². The minimum Gasteiger partial charge on any atom is -0.399 e. The molecule has 19 heavy (non-hydrogen) atoms. The maximum atomic E-state index is 13.5. The fraction of sp³-hybridized carbons (Fsp3) is 0. The largest absolute Gasteiger partial charge is 0.399 e. The molecule has 0 saturated carbocycles. The lowest BCUT2D eigenvalue weighted by atomic mass is 10.0. The molecule has 0 unspecified atom stereocenters. The monoisotopic (exact) mass is 266 g/mol. The van der Waals surface area contributed by atoms with Gasteiger partial charge in [-0.05, 0) is 24.3 Å². The van der Waals surface area contributed by atoms with E-state index in [-0.39, 0.29) is 16.9 Å². The number of rotatable bonds is 2. The molecule has 0 radical (unpaired) electrons. The first-order valence-electron chi connectivity index (χ1n) is 5.24. The second kappa shape index (κ2) is 4.64. The Hall–Kier alpha value is -2.50. The molecule has 0 amide bonds. The predicted octanol–water partition coefficient (Wildman–Crippen LogP) is 2.50. The van der Waals surface area contributed by atoms with Crippen LogP contribution >= 0.6 is 0 Å². The Bertz CT molecular complexity index is 651. The number of nitrogen functional groups attached to an aromatic ring is 2. The summed E-state index contributed by atoms with van der Waals surface area (Å²) in [5.74, 6) is -4.64. The summed E-state index contributed by atoms with van der Waals surface area (Å²) in [6.07, 6.45) is 0. The number of hydrogen-bond donors (Lipinski definition) is 2. The second-order valence-corrected chi connectivity index (χ2v) is 3.96. The van der Waals surface area contributed by atoms with Gasteiger partial charge in [-0.1, -0.05) is 0 Å². The summed E-state index contributed by atoms with van der Waals surface area (Å²) in [4.78, 5) is 12.0. The average molecular weight is 266 g/mol. The van der Waals surface area contributed by atoms with E-state index in [9.17, 15) is 18.0 Å². The Labute approximate surface area is 106 Å². The number of carbonyl (C=O) groups excluding carboxylic acids is 1. The van der Waals surface area contributed by atoms with Gasteiger partial charge in [-0.25, -0.2) is 13.2 Å². The third kappa shape index (κ3) is 2.52. The summed E-state index contributed by atoms with van der Waals surface area (Å²) in [7, 11) is 0. The molecule has 3 nitrogen and oxygen atoms in total. The summed E-state index contributed by atoms with van der Waals surface area (Å²) >= 11 is 0. The molecular weight excluding hydrogens is 257 g/mol. The van der Waals surface area contributed by atoms with E-state index in [4.69, 9.17) is 11.5 Å². The van der Waals surface area contributed by atoms with Gasteiger partial charge < -0.3 is 11.5 Å². The number of anilines is 2. The average Bonchev–Trinajstić information content (AvgIpc) is 2.31. The van der Waals surface area contributed by atoms with Gasteiger partial charge in [0.15, 0.2) is 17.4 Å². The van der Waals surface area contributed by atoms with Crippen molar-refractivity contribution in [3.63, 3.8) is 0 Å². The molecule has 0 aliphatic carbocycles. The van der Waals surface area contributed by atoms with E-state index in [1.54, 1.807) is 0 Å². The van der Waals surface area contributed by atoms with Gasteiger partial charge in [-0.2, -0.15) is 0 Å². The van der Waals surface area contributed by atoms with Crippen molar-refractivity contribution in [3.8, 4) is 0 Å². The Morgan fingerprint density at radius 1 is 0.789 bits per heavy atom. The van der Waals surface area contributed by atoms with Crippen LogP contribution in [0.15, 0.2) is 30.3 Å². The zero-order valence-electron chi connectivity index (χ0n) is 9.58. The van der Waals surface area contributed by atoms with Crippen LogP contribution in [0.1, 0.15) is 15.9 Å². The van der Waals surface area contributed by atoms with Crippen molar-refractivity contribution in [3.05, 3.63) is 58.9 Å². The molecule has 2 aromatic rings. The number of carbonyl (C=O) groups is 1. The third-order valence-corrected chi connectivity index (χ3v) is 2.49. The number of nitrogens with two attached hydrogens (primary N) is 2. The Morgan fingerprint density at radius 2 is 1.32 bits per heavy atom. The highest BCUT2D eigenvalue weighted by Gasteiger charge is 2.18. The van der Waals surface area contributed by atoms with E-state index in [1.807, 2.05) is 0 Å². The first-order chi connectivity index (χ1) is 8.88. The summed E-state index contributed by atoms with van der Waals surface area (Å²) in [5, 5.41) is 0. The molecule has 6 heteroatoms. The van der Waals surface area contributed by atoms with Crippen LogP contribution in [-0.2, 0) is 0 Å². The highest BCUT2D eigenvalue weighted by Crippen LogP contribution is 2.20. The van der Waals surface area contributed by atoms with Crippen LogP contribution in [0.4, 0.5) is 24.5 Å². The van der Waals surface area contributed by atoms with Gasteiger partial charge >= 0.3 is 0 Å². The molecule has 0 aromatic heterocycles. The minimum atomic E-state index is -1.36. The Kier molecular flexibility index (Phi) is 3.16. The smallest absolute Gasteiger partial charge is 0.196 e. The van der Waals surface area contributed by atoms with Crippen molar-refractivity contribution in [2.24, 2.45) is 0 Å². The van der Waals surface area contributed by atoms with Crippen molar-refractivity contribution in [2.75, 3.05) is 11.5 Å². The predicted molar refractivity (Wildman–Crippen MR) is 65.0 cm³/mol. The zero-order chi connectivity index (χ0) is 14.2. The van der Waals surface area contributed by atoms with Gasteiger partial charge in [-0.3, -0.25) is 4.79 Å². The maximum Gasteiger partial charge on any atom is 0.196 e. The SMILES string of the molecule is Nc1cc(N)cc(C(=O)c2cc(F)c(F)cc2F)c1. The van der Waals surface area contributed by atoms with Crippen LogP contribution in [-0.4, -0.2) is 5.78 Å². The van der Waals surface area contributed by atoms with Gasteiger partial charge in [-0.15, -0.1) is 0 Å². The van der Waals surface area contributed by atoms with Gasteiger partial charge in [0.05, 0.1) is 5.56 Å². The van der Waals surface area contributed by atoms with Gasteiger partial charge in [0.25, 0.3) is 0 Å². The minimum absolute atomic E-state index is 0.00223. The van der Waals surface area contributed by atoms with E-state index in [2.05, 4.69) is 0 Å². The molecule has 0 aliphatic heterocycles. The number of hydrogen-bond acceptors (Lipinski definition) is 3. The van der Waals surface area contributed by atoms with E-state index >= 15 is 0 Å². The highest BCUT2D eigenvalue weighted by atomic mass is 19.2. The Morgan fingerprint density at radius 3 is 1.89 bits per heavy atom. The topological polar surface area (TPSA) is 69.1 Å². The molecule has 0 spiro atoms. The van der Waals surface area contributed by atoms with E-state index in [0.29, 0.717) is 12.1 Å². The van der Waals surface area contributed by atoms with Crippen molar-refractivity contribution in [2.45, 2.75) is 0 Å². The van der Waals surface area contributed by atoms with Crippen LogP contribution in [0.5, 0.6) is 0 Å². The molecular formula is C13H9F3N2O. The van der Waals surface area contributed by atoms with Gasteiger partial charge in [0.1, 0.15) is 5.82 Å². The van der Waals surface area contributed by atoms with Crippen LogP contribution in [0, 0.1) is 17.5 Å². The molecule has 98 valence electrons. The van der Waals surface area contributed by atoms with Crippen LogP contribution in [0.3, 0.4) is 0 Å². The molecule has 0 fully saturated rings. The van der Waals surface area contributed by atoms with Gasteiger partial charge in [0.2, 0.25) is 0 Å². The normalized spacial score (nSPS) is 10.5. The summed E-state index contributed by atoms with van der Waals surface area (Å²) in [6.45, 7) is 0. The zero-order valence-corrected chi connectivity index (χ0v) is 9.58. The van der Waals surface area contributed by atoms with E-state index in [0.717, 1.165) is 0 Å². The first-order valence-corrected chi connectivity index (χ1v) is 5.24. The number of ketones is 1. The maximum absolute atomic E-state index is 13.5. The van der Waals surface area contributed by atoms with Crippen molar-refractivity contribution < 1.29 is 18.0 Å². The molecule has 0 heterocycles. The first kappa shape index (κ1) is 12.9. The molecule has 2 aromatic carbocycles. The lowest BCUT2D eigenvalue weighted by Crippen LogP contribution is -2.07. The second-order valence-electron chi connectivity index (χ2n) is 3.96. The van der Waals surface area contributed by atoms with Crippen molar-refractivity contribution in [1.82, 2.24) is 0 Å². The summed E-state index contributed by atoms with van der Waals surface area (Å²) < 4.78 is 39.3. The third-order valence-electron chi connectivity index (χ3n) is 2.49. The lowest BCUT2D eigenvalue weighted by Gasteiger charge is -2.06. The fourth-order valence-electron chi connectivity index (χ4n) is 1.66. The molecule has 0 aliphatic rings. The number of halogens is 3. The highest BCUT2D eigenvalue weighted by molar-refractivity contribution is 6.10. The number of benzene rings is 2. The quantitative estimate of drug-likeness (QED) is 0.498. The fourth-order valence-corrected chi connectivity index (χ4v) is 1.66. The molecule has 0 bridgehead atoms. The molecule has 0 saturated heterocycles. The van der Waals surface area contributed by atoms with Crippen LogP contribution in [0.25, 0.3) is 0 Å². The Balaban J connectivity index is 2.53. The van der Waals surface area contributed by atoms with Crippen molar-refractivity contribution in [1.29, 1.82) is 0 Å². The summed E-state index contributed by atoms with van der Waals surface area (Å²) in [5.41, 5.74) is 10.9. The molecule has 0 atom stereocenters. The molecule has 2 rings (SSSR count). The molecule has 4 N–H and O–H groups in total.